The number of amides is 1. The Balaban J connectivity index is 2.12. The quantitative estimate of drug-likeness (QED) is 0.851. The second kappa shape index (κ2) is 6.17. The number of nitrogens with two attached hydrogens (primary N) is 1. The van der Waals surface area contributed by atoms with E-state index in [0.717, 1.165) is 30.5 Å². The van der Waals surface area contributed by atoms with Crippen LogP contribution in [0.3, 0.4) is 0 Å². The molecule has 2 rings (SSSR count). The Kier molecular flexibility index (Phi) is 4.56. The molecular formula is C15H22N2O2. The highest BCUT2D eigenvalue weighted by Gasteiger charge is 2.30. The van der Waals surface area contributed by atoms with Gasteiger partial charge in [-0.2, -0.15) is 0 Å². The Bertz CT molecular complexity index is 446. The van der Waals surface area contributed by atoms with E-state index < -0.39 is 0 Å². The average Bonchev–Trinajstić information content (AvgIpc) is 2.89. The Labute approximate surface area is 114 Å². The molecule has 0 spiro atoms. The van der Waals surface area contributed by atoms with Gasteiger partial charge < -0.3 is 15.7 Å². The van der Waals surface area contributed by atoms with Crippen molar-refractivity contribution >= 4 is 5.91 Å². The number of hydrogen-bond donors (Lipinski definition) is 2. The second-order valence-electron chi connectivity index (χ2n) is 5.24. The van der Waals surface area contributed by atoms with Crippen LogP contribution in [0, 0.1) is 5.92 Å². The molecule has 1 fully saturated rings. The molecule has 4 nitrogen and oxygen atoms in total. The van der Waals surface area contributed by atoms with E-state index in [9.17, 15) is 9.90 Å². The molecule has 19 heavy (non-hydrogen) atoms. The minimum absolute atomic E-state index is 0.0622. The van der Waals surface area contributed by atoms with E-state index in [-0.39, 0.29) is 17.9 Å². The maximum atomic E-state index is 12.5. The second-order valence-corrected chi connectivity index (χ2v) is 5.24. The zero-order valence-electron chi connectivity index (χ0n) is 11.4. The Hall–Kier alpha value is -1.39. The number of hydrogen-bond acceptors (Lipinski definition) is 3. The van der Waals surface area contributed by atoms with Crippen LogP contribution in [0.15, 0.2) is 24.3 Å². The Morgan fingerprint density at radius 1 is 1.53 bits per heavy atom. The number of carbonyl (C=O) groups is 1. The summed E-state index contributed by atoms with van der Waals surface area (Å²) in [6.07, 6.45) is 1.25. The van der Waals surface area contributed by atoms with Gasteiger partial charge in [0.05, 0.1) is 6.10 Å². The molecule has 0 bridgehead atoms. The summed E-state index contributed by atoms with van der Waals surface area (Å²) in [5.74, 6) is 0.262. The van der Waals surface area contributed by atoms with Gasteiger partial charge in [0.25, 0.3) is 5.91 Å². The lowest BCUT2D eigenvalue weighted by Crippen LogP contribution is -2.31. The molecule has 0 aromatic heterocycles. The number of rotatable bonds is 4. The first-order valence-corrected chi connectivity index (χ1v) is 6.88. The molecular weight excluding hydrogens is 240 g/mol. The van der Waals surface area contributed by atoms with E-state index in [0.29, 0.717) is 13.1 Å². The van der Waals surface area contributed by atoms with Crippen molar-refractivity contribution in [2.45, 2.75) is 25.9 Å². The third kappa shape index (κ3) is 3.14. The normalized spacial score (nSPS) is 20.6. The topological polar surface area (TPSA) is 66.6 Å². The van der Waals surface area contributed by atoms with Crippen LogP contribution in [0.25, 0.3) is 0 Å². The van der Waals surface area contributed by atoms with Crippen LogP contribution in [0.2, 0.25) is 0 Å². The molecule has 0 aliphatic carbocycles. The van der Waals surface area contributed by atoms with Gasteiger partial charge >= 0.3 is 0 Å². The first kappa shape index (κ1) is 14.0. The number of nitrogens with zero attached hydrogens (tertiary/aromatic N) is 1. The molecule has 3 N–H and O–H groups in total. The van der Waals surface area contributed by atoms with Gasteiger partial charge in [-0.05, 0) is 37.9 Å². The minimum Gasteiger partial charge on any atom is -0.393 e. The van der Waals surface area contributed by atoms with Crippen LogP contribution in [0.4, 0.5) is 0 Å². The summed E-state index contributed by atoms with van der Waals surface area (Å²) in [5, 5.41) is 9.61. The highest BCUT2D eigenvalue weighted by Crippen LogP contribution is 2.22. The first-order chi connectivity index (χ1) is 9.13. The summed E-state index contributed by atoms with van der Waals surface area (Å²) < 4.78 is 0. The maximum Gasteiger partial charge on any atom is 0.254 e. The van der Waals surface area contributed by atoms with Crippen LogP contribution in [0.1, 0.15) is 29.3 Å². The summed E-state index contributed by atoms with van der Waals surface area (Å²) >= 11 is 0. The van der Waals surface area contributed by atoms with E-state index in [2.05, 4.69) is 0 Å². The largest absolute Gasteiger partial charge is 0.393 e. The van der Waals surface area contributed by atoms with Crippen molar-refractivity contribution in [3.63, 3.8) is 0 Å². The van der Waals surface area contributed by atoms with Crippen molar-refractivity contribution in [2.24, 2.45) is 11.7 Å². The molecule has 0 saturated carbocycles. The third-order valence-corrected chi connectivity index (χ3v) is 3.86. The Morgan fingerprint density at radius 2 is 2.26 bits per heavy atom. The molecule has 2 unspecified atom stereocenters. The molecule has 0 radical (unpaired) electrons. The number of aliphatic hydroxyl groups is 1. The summed E-state index contributed by atoms with van der Waals surface area (Å²) in [6.45, 7) is 3.71. The van der Waals surface area contributed by atoms with Gasteiger partial charge in [0.1, 0.15) is 0 Å². The van der Waals surface area contributed by atoms with Crippen molar-refractivity contribution in [2.75, 3.05) is 19.6 Å². The molecule has 1 amide bonds. The predicted octanol–water partition coefficient (Wildman–Crippen LogP) is 1.03. The van der Waals surface area contributed by atoms with Crippen LogP contribution in [-0.4, -0.2) is 41.7 Å². The summed E-state index contributed by atoms with van der Waals surface area (Å²) in [4.78, 5) is 14.4. The van der Waals surface area contributed by atoms with Gasteiger partial charge in [-0.1, -0.05) is 18.2 Å². The van der Waals surface area contributed by atoms with Crippen LogP contribution in [0.5, 0.6) is 0 Å². The van der Waals surface area contributed by atoms with Gasteiger partial charge in [0, 0.05) is 24.6 Å². The van der Waals surface area contributed by atoms with E-state index >= 15 is 0 Å². The predicted molar refractivity (Wildman–Crippen MR) is 74.9 cm³/mol. The molecule has 4 heteroatoms. The fourth-order valence-corrected chi connectivity index (χ4v) is 2.64. The molecule has 1 aromatic rings. The van der Waals surface area contributed by atoms with Gasteiger partial charge in [-0.3, -0.25) is 4.79 Å². The van der Waals surface area contributed by atoms with Crippen molar-refractivity contribution in [3.8, 4) is 0 Å². The third-order valence-electron chi connectivity index (χ3n) is 3.86. The first-order valence-electron chi connectivity index (χ1n) is 6.88. The molecule has 1 aliphatic heterocycles. The Morgan fingerprint density at radius 3 is 2.89 bits per heavy atom. The molecule has 1 saturated heterocycles. The van der Waals surface area contributed by atoms with Crippen molar-refractivity contribution < 1.29 is 9.90 Å². The number of benzene rings is 1. The van der Waals surface area contributed by atoms with E-state index in [1.807, 2.05) is 29.2 Å². The summed E-state index contributed by atoms with van der Waals surface area (Å²) in [6, 6.07) is 7.64. The SMILES string of the molecule is CC(O)C1CCN(C(=O)c2ccccc2CCN)C1. The molecule has 1 heterocycles. The van der Waals surface area contributed by atoms with Gasteiger partial charge in [-0.25, -0.2) is 0 Å². The molecule has 104 valence electrons. The monoisotopic (exact) mass is 262 g/mol. The van der Waals surface area contributed by atoms with Crippen molar-refractivity contribution in [1.29, 1.82) is 0 Å². The van der Waals surface area contributed by atoms with Gasteiger partial charge in [0.15, 0.2) is 0 Å². The molecule has 2 atom stereocenters. The van der Waals surface area contributed by atoms with Crippen molar-refractivity contribution in [1.82, 2.24) is 4.90 Å². The zero-order chi connectivity index (χ0) is 13.8. The van der Waals surface area contributed by atoms with E-state index in [4.69, 9.17) is 5.73 Å². The highest BCUT2D eigenvalue weighted by molar-refractivity contribution is 5.95. The summed E-state index contributed by atoms with van der Waals surface area (Å²) in [7, 11) is 0. The van der Waals surface area contributed by atoms with Crippen molar-refractivity contribution in [3.05, 3.63) is 35.4 Å². The summed E-state index contributed by atoms with van der Waals surface area (Å²) in [5.41, 5.74) is 7.35. The zero-order valence-corrected chi connectivity index (χ0v) is 11.4. The maximum absolute atomic E-state index is 12.5. The lowest BCUT2D eigenvalue weighted by Gasteiger charge is -2.19. The highest BCUT2D eigenvalue weighted by atomic mass is 16.3. The fraction of sp³-hybridized carbons (Fsp3) is 0.533. The van der Waals surface area contributed by atoms with Crippen LogP contribution >= 0.6 is 0 Å². The van der Waals surface area contributed by atoms with Gasteiger partial charge in [0.2, 0.25) is 0 Å². The van der Waals surface area contributed by atoms with Crippen LogP contribution in [-0.2, 0) is 6.42 Å². The molecule has 1 aliphatic rings. The number of aliphatic hydroxyl groups excluding tert-OH is 1. The standard InChI is InChI=1S/C15H22N2O2/c1-11(18)13-7-9-17(10-13)15(19)14-5-3-2-4-12(14)6-8-16/h2-5,11,13,18H,6-10,16H2,1H3. The fourth-order valence-electron chi connectivity index (χ4n) is 2.64. The van der Waals surface area contributed by atoms with E-state index in [1.54, 1.807) is 6.92 Å². The lowest BCUT2D eigenvalue weighted by atomic mass is 10.0. The van der Waals surface area contributed by atoms with Crippen LogP contribution < -0.4 is 5.73 Å². The van der Waals surface area contributed by atoms with E-state index in [1.165, 1.54) is 0 Å². The molecule has 1 aromatic carbocycles. The number of likely N-dealkylation sites (tertiary alicyclic amines) is 1. The van der Waals surface area contributed by atoms with Gasteiger partial charge in [-0.15, -0.1) is 0 Å². The smallest absolute Gasteiger partial charge is 0.254 e. The minimum atomic E-state index is -0.350. The average molecular weight is 262 g/mol. The number of carbonyl (C=O) groups excluding carboxylic acids is 1. The lowest BCUT2D eigenvalue weighted by molar-refractivity contribution is 0.0761.